The molecule has 0 aliphatic carbocycles. The highest BCUT2D eigenvalue weighted by Crippen LogP contribution is 2.58. The maximum Gasteiger partial charge on any atom is 0.506 e. The molecule has 2 fully saturated rings. The zero-order chi connectivity index (χ0) is 27.8. The van der Waals surface area contributed by atoms with Crippen LogP contribution in [0.2, 0.25) is 0 Å². The largest absolute Gasteiger partial charge is 0.506 e. The van der Waals surface area contributed by atoms with Crippen LogP contribution in [0.25, 0.3) is 0 Å². The van der Waals surface area contributed by atoms with Gasteiger partial charge in [-0.15, -0.1) is 23.5 Å². The number of rotatable bonds is 11. The number of hydrogen-bond donors (Lipinski definition) is 3. The summed E-state index contributed by atoms with van der Waals surface area (Å²) in [5.74, 6) is 2.82. The summed E-state index contributed by atoms with van der Waals surface area (Å²) in [5.41, 5.74) is 1.98. The van der Waals surface area contributed by atoms with Crippen LogP contribution in [-0.4, -0.2) is 75.2 Å². The molecule has 0 bridgehead atoms. The summed E-state index contributed by atoms with van der Waals surface area (Å²) in [4.78, 5) is 25.0. The van der Waals surface area contributed by atoms with Gasteiger partial charge < -0.3 is 34.7 Å². The molecule has 2 aromatic carbocycles. The van der Waals surface area contributed by atoms with Crippen LogP contribution in [-0.2, 0) is 20.0 Å². The van der Waals surface area contributed by atoms with Gasteiger partial charge in [0.1, 0.15) is 10.2 Å². The van der Waals surface area contributed by atoms with E-state index in [9.17, 15) is 14.7 Å². The average molecular weight is 577 g/mol. The molecule has 0 saturated carbocycles. The van der Waals surface area contributed by atoms with Crippen LogP contribution in [0.3, 0.4) is 0 Å². The second kappa shape index (κ2) is 13.5. The number of ether oxygens (including phenoxy) is 4. The second-order valence-electron chi connectivity index (χ2n) is 9.42. The highest BCUT2D eigenvalue weighted by atomic mass is 32.2. The number of nitrogens with one attached hydrogen (secondary N) is 2. The summed E-state index contributed by atoms with van der Waals surface area (Å²) < 4.78 is 21.7. The SMILES string of the molecule is COc1cc(C2(C(OC(=O)O)[C@H]3CN[C@H](C(=O)NCCc4ccccc4)C3)SCCCS2)cc(OC)c1OC. The van der Waals surface area contributed by atoms with Gasteiger partial charge in [-0.05, 0) is 54.0 Å². The van der Waals surface area contributed by atoms with Gasteiger partial charge in [0.15, 0.2) is 11.5 Å². The van der Waals surface area contributed by atoms with E-state index in [2.05, 4.69) is 10.6 Å². The lowest BCUT2D eigenvalue weighted by Gasteiger charge is -2.44. The van der Waals surface area contributed by atoms with Crippen molar-refractivity contribution in [1.82, 2.24) is 10.6 Å². The third-order valence-corrected chi connectivity index (χ3v) is 10.5. The van der Waals surface area contributed by atoms with Gasteiger partial charge in [-0.1, -0.05) is 30.3 Å². The van der Waals surface area contributed by atoms with Crippen molar-refractivity contribution in [1.29, 1.82) is 0 Å². The summed E-state index contributed by atoms with van der Waals surface area (Å²) in [6, 6.07) is 13.3. The number of hydrogen-bond acceptors (Lipinski definition) is 9. The molecule has 11 heteroatoms. The molecule has 39 heavy (non-hydrogen) atoms. The molecule has 1 amide bonds. The maximum absolute atomic E-state index is 13.0. The van der Waals surface area contributed by atoms with Gasteiger partial charge in [0.25, 0.3) is 0 Å². The molecule has 0 aromatic heterocycles. The lowest BCUT2D eigenvalue weighted by atomic mass is 9.91. The number of amides is 1. The van der Waals surface area contributed by atoms with Crippen LogP contribution < -0.4 is 24.8 Å². The Bertz CT molecular complexity index is 1100. The highest BCUT2D eigenvalue weighted by molar-refractivity contribution is 8.18. The smallest absolute Gasteiger partial charge is 0.493 e. The minimum Gasteiger partial charge on any atom is -0.493 e. The fourth-order valence-corrected chi connectivity index (χ4v) is 8.79. The molecule has 212 valence electrons. The number of benzene rings is 2. The first-order chi connectivity index (χ1) is 18.9. The fourth-order valence-electron chi connectivity index (χ4n) is 5.21. The van der Waals surface area contributed by atoms with Crippen LogP contribution in [0.5, 0.6) is 17.2 Å². The Morgan fingerprint density at radius 1 is 1.08 bits per heavy atom. The van der Waals surface area contributed by atoms with Crippen molar-refractivity contribution >= 4 is 35.6 Å². The summed E-state index contributed by atoms with van der Waals surface area (Å²) in [6.07, 6.45) is 0.140. The van der Waals surface area contributed by atoms with E-state index in [0.29, 0.717) is 36.8 Å². The molecule has 2 heterocycles. The molecule has 2 aliphatic rings. The Morgan fingerprint density at radius 3 is 2.33 bits per heavy atom. The topological polar surface area (TPSA) is 115 Å². The molecule has 4 rings (SSSR count). The van der Waals surface area contributed by atoms with Gasteiger partial charge >= 0.3 is 6.16 Å². The molecular weight excluding hydrogens is 540 g/mol. The van der Waals surface area contributed by atoms with Gasteiger partial charge in [0.05, 0.1) is 27.4 Å². The van der Waals surface area contributed by atoms with Crippen molar-refractivity contribution in [2.24, 2.45) is 5.92 Å². The molecular formula is C28H36N2O7S2. The number of carbonyl (C=O) groups is 2. The second-order valence-corrected chi connectivity index (χ2v) is 12.4. The first-order valence-corrected chi connectivity index (χ1v) is 14.9. The van der Waals surface area contributed by atoms with E-state index in [-0.39, 0.29) is 11.8 Å². The Hall–Kier alpha value is -2.76. The van der Waals surface area contributed by atoms with Gasteiger partial charge in [0.2, 0.25) is 11.7 Å². The van der Waals surface area contributed by atoms with Crippen LogP contribution in [0.1, 0.15) is 24.0 Å². The molecule has 3 N–H and O–H groups in total. The van der Waals surface area contributed by atoms with Crippen molar-refractivity contribution in [2.45, 2.75) is 35.5 Å². The molecule has 2 saturated heterocycles. The van der Waals surface area contributed by atoms with Crippen LogP contribution in [0.15, 0.2) is 42.5 Å². The van der Waals surface area contributed by atoms with Gasteiger partial charge in [-0.2, -0.15) is 0 Å². The Morgan fingerprint density at radius 2 is 1.74 bits per heavy atom. The lowest BCUT2D eigenvalue weighted by molar-refractivity contribution is -0.122. The summed E-state index contributed by atoms with van der Waals surface area (Å²) in [6.45, 7) is 0.990. The predicted octanol–water partition coefficient (Wildman–Crippen LogP) is 4.14. The van der Waals surface area contributed by atoms with Crippen molar-refractivity contribution in [3.05, 3.63) is 53.6 Å². The van der Waals surface area contributed by atoms with Crippen LogP contribution >= 0.6 is 23.5 Å². The zero-order valence-electron chi connectivity index (χ0n) is 22.4. The Kier molecular flexibility index (Phi) is 10.1. The van der Waals surface area contributed by atoms with Gasteiger partial charge in [-0.25, -0.2) is 4.79 Å². The summed E-state index contributed by atoms with van der Waals surface area (Å²) in [5, 5.41) is 16.1. The molecule has 0 radical (unpaired) electrons. The zero-order valence-corrected chi connectivity index (χ0v) is 24.1. The third kappa shape index (κ3) is 6.70. The molecule has 2 aliphatic heterocycles. The molecule has 0 spiro atoms. The minimum atomic E-state index is -1.34. The molecule has 3 atom stereocenters. The number of thioether (sulfide) groups is 2. The molecule has 1 unspecified atom stereocenters. The van der Waals surface area contributed by atoms with E-state index in [1.807, 2.05) is 42.5 Å². The van der Waals surface area contributed by atoms with E-state index in [0.717, 1.165) is 35.5 Å². The lowest BCUT2D eigenvalue weighted by Crippen LogP contribution is -2.45. The van der Waals surface area contributed by atoms with Gasteiger partial charge in [0, 0.05) is 19.0 Å². The number of carboxylic acid groups (broad SMARTS) is 1. The van der Waals surface area contributed by atoms with Gasteiger partial charge in [-0.3, -0.25) is 4.79 Å². The Labute approximate surface area is 237 Å². The van der Waals surface area contributed by atoms with Crippen molar-refractivity contribution in [2.75, 3.05) is 45.9 Å². The fraction of sp³-hybridized carbons (Fsp3) is 0.500. The first-order valence-electron chi connectivity index (χ1n) is 12.9. The predicted molar refractivity (Wildman–Crippen MR) is 153 cm³/mol. The minimum absolute atomic E-state index is 0.0895. The van der Waals surface area contributed by atoms with Crippen LogP contribution in [0, 0.1) is 5.92 Å². The summed E-state index contributed by atoms with van der Waals surface area (Å²) in [7, 11) is 4.66. The maximum atomic E-state index is 13.0. The standard InChI is InChI=1S/C28H36N2O7S2/c1-34-22-15-20(16-23(35-2)24(22)36-3)28(38-12-7-13-39-28)25(37-27(32)33)19-14-21(30-17-19)26(31)29-11-10-18-8-5-4-6-9-18/h4-6,8-9,15-16,19,21,25,30H,7,10-14,17H2,1-3H3,(H,29,31)(H,32,33)/t19-,21+,25?/m1/s1. The quantitative estimate of drug-likeness (QED) is 0.337. The van der Waals surface area contributed by atoms with E-state index < -0.39 is 22.4 Å². The average Bonchev–Trinajstić information content (AvgIpc) is 3.46. The molecule has 2 aromatic rings. The first kappa shape index (κ1) is 29.2. The van der Waals surface area contributed by atoms with Crippen molar-refractivity contribution in [3.8, 4) is 17.2 Å². The molecule has 9 nitrogen and oxygen atoms in total. The van der Waals surface area contributed by atoms with Crippen LogP contribution in [0.4, 0.5) is 4.79 Å². The third-order valence-electron chi connectivity index (χ3n) is 7.06. The van der Waals surface area contributed by atoms with E-state index >= 15 is 0 Å². The highest BCUT2D eigenvalue weighted by Gasteiger charge is 2.52. The van der Waals surface area contributed by atoms with Crippen molar-refractivity contribution in [3.63, 3.8) is 0 Å². The number of methoxy groups -OCH3 is 3. The number of carbonyl (C=O) groups excluding carboxylic acids is 1. The van der Waals surface area contributed by atoms with E-state index in [1.165, 1.54) is 0 Å². The van der Waals surface area contributed by atoms with Crippen molar-refractivity contribution < 1.29 is 33.6 Å². The monoisotopic (exact) mass is 576 g/mol. The Balaban J connectivity index is 1.58. The summed E-state index contributed by atoms with van der Waals surface area (Å²) >= 11 is 3.34. The van der Waals surface area contributed by atoms with E-state index in [4.69, 9.17) is 18.9 Å². The normalized spacial score (nSPS) is 21.0. The van der Waals surface area contributed by atoms with E-state index in [1.54, 1.807) is 44.9 Å².